The molecule has 0 aliphatic carbocycles. The van der Waals surface area contributed by atoms with Gasteiger partial charge in [0.05, 0.1) is 5.56 Å². The van der Waals surface area contributed by atoms with Gasteiger partial charge in [0.2, 0.25) is 0 Å². The van der Waals surface area contributed by atoms with Crippen molar-refractivity contribution in [2.45, 2.75) is 13.8 Å². The van der Waals surface area contributed by atoms with E-state index in [0.717, 1.165) is 11.1 Å². The van der Waals surface area contributed by atoms with Gasteiger partial charge in [-0.2, -0.15) is 0 Å². The lowest BCUT2D eigenvalue weighted by atomic mass is 10.1. The molecule has 2 rings (SSSR count). The fourth-order valence-electron chi connectivity index (χ4n) is 2.17. The maximum absolute atomic E-state index is 11.9. The largest absolute Gasteiger partial charge is 0.481 e. The van der Waals surface area contributed by atoms with Crippen molar-refractivity contribution >= 4 is 23.9 Å². The van der Waals surface area contributed by atoms with Gasteiger partial charge in [0.15, 0.2) is 19.5 Å². The molecule has 6 heteroatoms. The van der Waals surface area contributed by atoms with Gasteiger partial charge in [-0.05, 0) is 37.6 Å². The molecule has 0 fully saturated rings. The highest BCUT2D eigenvalue weighted by atomic mass is 16.6. The number of rotatable bonds is 7. The molecule has 1 amide bonds. The SMILES string of the molecule is Cc1ccc(NC(=O)COC(=O)COc2ccccc2C=O)c(C)c1. The number of carbonyl (C=O) groups excluding carboxylic acids is 3. The van der Waals surface area contributed by atoms with E-state index in [2.05, 4.69) is 5.32 Å². The first kappa shape index (κ1) is 18.2. The first-order chi connectivity index (χ1) is 12.0. The third-order valence-corrected chi connectivity index (χ3v) is 3.41. The van der Waals surface area contributed by atoms with E-state index in [4.69, 9.17) is 9.47 Å². The van der Waals surface area contributed by atoms with Gasteiger partial charge in [0, 0.05) is 5.69 Å². The molecule has 0 heterocycles. The Morgan fingerprint density at radius 2 is 1.84 bits per heavy atom. The second-order valence-electron chi connectivity index (χ2n) is 5.47. The number of nitrogens with one attached hydrogen (secondary N) is 1. The van der Waals surface area contributed by atoms with Crippen molar-refractivity contribution < 1.29 is 23.9 Å². The van der Waals surface area contributed by atoms with Crippen LogP contribution in [0.1, 0.15) is 21.5 Å². The average molecular weight is 341 g/mol. The molecule has 0 unspecified atom stereocenters. The molecule has 0 aromatic heterocycles. The number of hydrogen-bond acceptors (Lipinski definition) is 5. The highest BCUT2D eigenvalue weighted by molar-refractivity contribution is 5.93. The monoisotopic (exact) mass is 341 g/mol. The summed E-state index contributed by atoms with van der Waals surface area (Å²) in [4.78, 5) is 34.4. The maximum Gasteiger partial charge on any atom is 0.344 e. The van der Waals surface area contributed by atoms with Gasteiger partial charge < -0.3 is 14.8 Å². The lowest BCUT2D eigenvalue weighted by Crippen LogP contribution is -2.24. The Morgan fingerprint density at radius 1 is 1.08 bits per heavy atom. The van der Waals surface area contributed by atoms with E-state index in [9.17, 15) is 14.4 Å². The van der Waals surface area contributed by atoms with E-state index in [-0.39, 0.29) is 12.4 Å². The Labute approximate surface area is 145 Å². The summed E-state index contributed by atoms with van der Waals surface area (Å²) in [5, 5.41) is 2.68. The van der Waals surface area contributed by atoms with Crippen LogP contribution in [-0.2, 0) is 14.3 Å². The molecular formula is C19H19NO5. The Kier molecular flexibility index (Phi) is 6.28. The van der Waals surface area contributed by atoms with E-state index in [1.165, 1.54) is 0 Å². The Bertz CT molecular complexity index is 785. The Morgan fingerprint density at radius 3 is 2.56 bits per heavy atom. The molecule has 1 N–H and O–H groups in total. The van der Waals surface area contributed by atoms with Crippen molar-refractivity contribution in [3.63, 3.8) is 0 Å². The third kappa shape index (κ3) is 5.46. The van der Waals surface area contributed by atoms with Crippen molar-refractivity contribution in [2.75, 3.05) is 18.5 Å². The molecular weight excluding hydrogens is 322 g/mol. The number of hydrogen-bond donors (Lipinski definition) is 1. The predicted molar refractivity (Wildman–Crippen MR) is 92.8 cm³/mol. The van der Waals surface area contributed by atoms with Gasteiger partial charge in [0.1, 0.15) is 5.75 Å². The van der Waals surface area contributed by atoms with Crippen LogP contribution in [0.3, 0.4) is 0 Å². The van der Waals surface area contributed by atoms with Crippen molar-refractivity contribution in [1.82, 2.24) is 0 Å². The summed E-state index contributed by atoms with van der Waals surface area (Å²) in [6.45, 7) is 3.04. The lowest BCUT2D eigenvalue weighted by molar-refractivity contribution is -0.149. The molecule has 0 saturated carbocycles. The number of anilines is 1. The van der Waals surface area contributed by atoms with Gasteiger partial charge in [-0.3, -0.25) is 9.59 Å². The van der Waals surface area contributed by atoms with Gasteiger partial charge in [0.25, 0.3) is 5.91 Å². The lowest BCUT2D eigenvalue weighted by Gasteiger charge is -2.10. The van der Waals surface area contributed by atoms with Gasteiger partial charge >= 0.3 is 5.97 Å². The summed E-state index contributed by atoms with van der Waals surface area (Å²) in [7, 11) is 0. The van der Waals surface area contributed by atoms with Crippen LogP contribution in [0.4, 0.5) is 5.69 Å². The summed E-state index contributed by atoms with van der Waals surface area (Å²) in [6, 6.07) is 12.1. The van der Waals surface area contributed by atoms with Crippen LogP contribution in [-0.4, -0.2) is 31.4 Å². The molecule has 0 aliphatic rings. The summed E-state index contributed by atoms with van der Waals surface area (Å²) < 4.78 is 10.1. The zero-order valence-electron chi connectivity index (χ0n) is 14.1. The second-order valence-corrected chi connectivity index (χ2v) is 5.47. The first-order valence-electron chi connectivity index (χ1n) is 7.69. The fourth-order valence-corrected chi connectivity index (χ4v) is 2.17. The van der Waals surface area contributed by atoms with Crippen LogP contribution in [0.25, 0.3) is 0 Å². The number of esters is 1. The quantitative estimate of drug-likeness (QED) is 0.618. The number of aldehydes is 1. The average Bonchev–Trinajstić information content (AvgIpc) is 2.60. The molecule has 2 aromatic rings. The van der Waals surface area contributed by atoms with Crippen LogP contribution >= 0.6 is 0 Å². The van der Waals surface area contributed by atoms with Crippen LogP contribution in [0.5, 0.6) is 5.75 Å². The van der Waals surface area contributed by atoms with E-state index >= 15 is 0 Å². The molecule has 2 aromatic carbocycles. The van der Waals surface area contributed by atoms with Crippen LogP contribution in [0.2, 0.25) is 0 Å². The second kappa shape index (κ2) is 8.63. The van der Waals surface area contributed by atoms with Crippen LogP contribution < -0.4 is 10.1 Å². The molecule has 0 atom stereocenters. The highest BCUT2D eigenvalue weighted by Gasteiger charge is 2.11. The summed E-state index contributed by atoms with van der Waals surface area (Å²) >= 11 is 0. The zero-order chi connectivity index (χ0) is 18.2. The van der Waals surface area contributed by atoms with Crippen molar-refractivity contribution in [3.05, 3.63) is 59.2 Å². The zero-order valence-corrected chi connectivity index (χ0v) is 14.1. The van der Waals surface area contributed by atoms with E-state index in [1.54, 1.807) is 30.3 Å². The molecule has 0 saturated heterocycles. The van der Waals surface area contributed by atoms with Gasteiger partial charge in [-0.15, -0.1) is 0 Å². The first-order valence-corrected chi connectivity index (χ1v) is 7.69. The predicted octanol–water partition coefficient (Wildman–Crippen LogP) is 2.68. The molecule has 0 spiro atoms. The smallest absolute Gasteiger partial charge is 0.344 e. The summed E-state index contributed by atoms with van der Waals surface area (Å²) in [6.07, 6.45) is 0.637. The van der Waals surface area contributed by atoms with Gasteiger partial charge in [-0.25, -0.2) is 4.79 Å². The third-order valence-electron chi connectivity index (χ3n) is 3.41. The topological polar surface area (TPSA) is 81.7 Å². The van der Waals surface area contributed by atoms with Crippen molar-refractivity contribution in [3.8, 4) is 5.75 Å². The number of amides is 1. The van der Waals surface area contributed by atoms with Crippen LogP contribution in [0.15, 0.2) is 42.5 Å². The number of para-hydroxylation sites is 1. The molecule has 25 heavy (non-hydrogen) atoms. The molecule has 0 bridgehead atoms. The van der Waals surface area contributed by atoms with E-state index in [1.807, 2.05) is 26.0 Å². The number of ether oxygens (including phenoxy) is 2. The summed E-state index contributed by atoms with van der Waals surface area (Å²) in [5.41, 5.74) is 3.02. The highest BCUT2D eigenvalue weighted by Crippen LogP contribution is 2.16. The number of benzene rings is 2. The van der Waals surface area contributed by atoms with Crippen molar-refractivity contribution in [1.29, 1.82) is 0 Å². The molecule has 0 radical (unpaired) electrons. The molecule has 6 nitrogen and oxygen atoms in total. The standard InChI is InChI=1S/C19H19NO5/c1-13-7-8-16(14(2)9-13)20-18(22)11-25-19(23)12-24-17-6-4-3-5-15(17)10-21/h3-10H,11-12H2,1-2H3,(H,20,22). The maximum atomic E-state index is 11.9. The molecule has 0 aliphatic heterocycles. The normalized spacial score (nSPS) is 10.0. The van der Waals surface area contributed by atoms with Crippen LogP contribution in [0, 0.1) is 13.8 Å². The minimum absolute atomic E-state index is 0.286. The van der Waals surface area contributed by atoms with Gasteiger partial charge in [-0.1, -0.05) is 29.8 Å². The van der Waals surface area contributed by atoms with Crippen molar-refractivity contribution in [2.24, 2.45) is 0 Å². The van der Waals surface area contributed by atoms with E-state index in [0.29, 0.717) is 17.5 Å². The van der Waals surface area contributed by atoms with E-state index < -0.39 is 18.5 Å². The minimum Gasteiger partial charge on any atom is -0.481 e. The summed E-state index contributed by atoms with van der Waals surface area (Å²) in [5.74, 6) is -0.848. The minimum atomic E-state index is -0.698. The Hall–Kier alpha value is -3.15. The number of aryl methyl sites for hydroxylation is 2. The Balaban J connectivity index is 1.79. The number of carbonyl (C=O) groups is 3. The fraction of sp³-hybridized carbons (Fsp3) is 0.211. The molecule has 130 valence electrons.